The van der Waals surface area contributed by atoms with E-state index >= 15 is 0 Å². The maximum absolute atomic E-state index is 10.9. The Morgan fingerprint density at radius 1 is 1.53 bits per heavy atom. The summed E-state index contributed by atoms with van der Waals surface area (Å²) in [5, 5.41) is 15.2. The Morgan fingerprint density at radius 2 is 2.12 bits per heavy atom. The predicted molar refractivity (Wildman–Crippen MR) is 66.1 cm³/mol. The number of methoxy groups -OCH3 is 1. The largest absolute Gasteiger partial charge is 0.493 e. The molecule has 1 N–H and O–H groups in total. The molecule has 1 fully saturated rings. The monoisotopic (exact) mass is 238 g/mol. The van der Waals surface area contributed by atoms with Crippen molar-refractivity contribution in [3.05, 3.63) is 11.9 Å². The van der Waals surface area contributed by atoms with Crippen molar-refractivity contribution >= 4 is 0 Å². The van der Waals surface area contributed by atoms with Gasteiger partial charge in [0.1, 0.15) is 11.3 Å². The van der Waals surface area contributed by atoms with Gasteiger partial charge in [-0.25, -0.2) is 0 Å². The Morgan fingerprint density at radius 3 is 2.53 bits per heavy atom. The van der Waals surface area contributed by atoms with E-state index in [1.54, 1.807) is 13.3 Å². The number of aliphatic hydroxyl groups is 1. The van der Waals surface area contributed by atoms with E-state index < -0.39 is 5.60 Å². The molecule has 4 nitrogen and oxygen atoms in total. The van der Waals surface area contributed by atoms with Crippen LogP contribution in [0.2, 0.25) is 0 Å². The molecule has 1 saturated carbocycles. The Hall–Kier alpha value is -1.03. The van der Waals surface area contributed by atoms with Crippen LogP contribution < -0.4 is 4.74 Å². The lowest BCUT2D eigenvalue weighted by Gasteiger charge is -2.32. The van der Waals surface area contributed by atoms with Crippen LogP contribution >= 0.6 is 0 Å². The maximum Gasteiger partial charge on any atom is 0.162 e. The molecule has 4 heteroatoms. The van der Waals surface area contributed by atoms with Crippen LogP contribution in [-0.4, -0.2) is 22.0 Å². The topological polar surface area (TPSA) is 47.3 Å². The number of nitrogens with zero attached hydrogens (tertiary/aromatic N) is 2. The summed E-state index contributed by atoms with van der Waals surface area (Å²) in [6.07, 6.45) is 3.79. The van der Waals surface area contributed by atoms with Gasteiger partial charge < -0.3 is 9.84 Å². The molecule has 0 aliphatic heterocycles. The summed E-state index contributed by atoms with van der Waals surface area (Å²) < 4.78 is 7.21. The smallest absolute Gasteiger partial charge is 0.162 e. The van der Waals surface area contributed by atoms with Crippen molar-refractivity contribution in [2.45, 2.75) is 52.2 Å². The summed E-state index contributed by atoms with van der Waals surface area (Å²) >= 11 is 0. The average Bonchev–Trinajstić information content (AvgIpc) is 2.86. The second-order valence-corrected chi connectivity index (χ2v) is 5.73. The quantitative estimate of drug-likeness (QED) is 0.876. The van der Waals surface area contributed by atoms with Gasteiger partial charge >= 0.3 is 0 Å². The second kappa shape index (κ2) is 3.73. The highest BCUT2D eigenvalue weighted by Crippen LogP contribution is 2.59. The fraction of sp³-hybridized carbons (Fsp3) is 0.769. The number of hydrogen-bond donors (Lipinski definition) is 1. The fourth-order valence-corrected chi connectivity index (χ4v) is 2.31. The lowest BCUT2D eigenvalue weighted by Crippen LogP contribution is -2.35. The summed E-state index contributed by atoms with van der Waals surface area (Å²) in [6, 6.07) is 0.211. The van der Waals surface area contributed by atoms with Gasteiger partial charge in [0, 0.05) is 11.5 Å². The summed E-state index contributed by atoms with van der Waals surface area (Å²) in [4.78, 5) is 0. The van der Waals surface area contributed by atoms with E-state index in [2.05, 4.69) is 25.9 Å². The van der Waals surface area contributed by atoms with Crippen LogP contribution in [0.15, 0.2) is 6.20 Å². The molecule has 1 aromatic heterocycles. The molecule has 1 aromatic rings. The lowest BCUT2D eigenvalue weighted by molar-refractivity contribution is -0.0234. The van der Waals surface area contributed by atoms with Gasteiger partial charge in [0.25, 0.3) is 0 Å². The highest BCUT2D eigenvalue weighted by Gasteiger charge is 2.55. The molecule has 1 atom stereocenters. The molecule has 1 unspecified atom stereocenters. The van der Waals surface area contributed by atoms with E-state index in [1.165, 1.54) is 0 Å². The summed E-state index contributed by atoms with van der Waals surface area (Å²) in [5.74, 6) is 0.678. The molecular weight excluding hydrogens is 216 g/mol. The van der Waals surface area contributed by atoms with E-state index in [1.807, 2.05) is 11.6 Å². The molecule has 1 heterocycles. The minimum atomic E-state index is -0.890. The summed E-state index contributed by atoms with van der Waals surface area (Å²) in [7, 11) is 1.62. The normalized spacial score (nSPS) is 21.4. The number of rotatable bonds is 4. The van der Waals surface area contributed by atoms with Gasteiger partial charge in [-0.05, 0) is 33.6 Å². The average molecular weight is 238 g/mol. The van der Waals surface area contributed by atoms with Gasteiger partial charge in [-0.15, -0.1) is 0 Å². The number of hydrogen-bond acceptors (Lipinski definition) is 3. The molecule has 0 spiro atoms. The molecule has 0 aromatic carbocycles. The number of ether oxygens (including phenoxy) is 1. The van der Waals surface area contributed by atoms with E-state index in [9.17, 15) is 5.11 Å². The first-order valence-electron chi connectivity index (χ1n) is 6.18. The molecule has 1 aliphatic rings. The van der Waals surface area contributed by atoms with Crippen LogP contribution in [0.3, 0.4) is 0 Å². The summed E-state index contributed by atoms with van der Waals surface area (Å²) in [6.45, 7) is 8.10. The van der Waals surface area contributed by atoms with Crippen LogP contribution in [0, 0.1) is 5.41 Å². The van der Waals surface area contributed by atoms with Crippen LogP contribution in [0.4, 0.5) is 0 Å². The van der Waals surface area contributed by atoms with Gasteiger partial charge in [-0.3, -0.25) is 4.68 Å². The fourth-order valence-electron chi connectivity index (χ4n) is 2.31. The third kappa shape index (κ3) is 1.75. The molecule has 1 aliphatic carbocycles. The van der Waals surface area contributed by atoms with Crippen molar-refractivity contribution in [1.29, 1.82) is 0 Å². The second-order valence-electron chi connectivity index (χ2n) is 5.73. The zero-order valence-electron chi connectivity index (χ0n) is 11.3. The first-order chi connectivity index (χ1) is 7.83. The molecular formula is C13H22N2O2. The van der Waals surface area contributed by atoms with Crippen molar-refractivity contribution in [2.24, 2.45) is 5.41 Å². The standard InChI is InChI=1S/C13H22N2O2/c1-9(2)15-11(10(17-5)8-14-15)13(4,16)12(3)6-7-12/h8-9,16H,6-7H2,1-5H3. The van der Waals surface area contributed by atoms with Gasteiger partial charge in [-0.2, -0.15) is 5.10 Å². The molecule has 0 bridgehead atoms. The van der Waals surface area contributed by atoms with Gasteiger partial charge in [0.15, 0.2) is 5.75 Å². The van der Waals surface area contributed by atoms with E-state index in [0.717, 1.165) is 18.5 Å². The Bertz CT molecular complexity index is 417. The van der Waals surface area contributed by atoms with Crippen LogP contribution in [0.5, 0.6) is 5.75 Å². The first-order valence-corrected chi connectivity index (χ1v) is 6.18. The zero-order chi connectivity index (χ0) is 12.8. The van der Waals surface area contributed by atoms with Gasteiger partial charge in [-0.1, -0.05) is 6.92 Å². The van der Waals surface area contributed by atoms with Crippen molar-refractivity contribution in [1.82, 2.24) is 9.78 Å². The van der Waals surface area contributed by atoms with Crippen molar-refractivity contribution in [3.63, 3.8) is 0 Å². The molecule has 2 rings (SSSR count). The molecule has 17 heavy (non-hydrogen) atoms. The molecule has 96 valence electrons. The summed E-state index contributed by atoms with van der Waals surface area (Å²) in [5.41, 5.74) is -0.137. The predicted octanol–water partition coefficient (Wildman–Crippen LogP) is 2.48. The number of aromatic nitrogens is 2. The minimum Gasteiger partial charge on any atom is -0.493 e. The Kier molecular flexibility index (Phi) is 2.73. The first kappa shape index (κ1) is 12.4. The van der Waals surface area contributed by atoms with Crippen LogP contribution in [-0.2, 0) is 5.60 Å². The lowest BCUT2D eigenvalue weighted by atomic mass is 9.84. The maximum atomic E-state index is 10.9. The van der Waals surface area contributed by atoms with Gasteiger partial charge in [0.05, 0.1) is 13.3 Å². The molecule has 0 saturated heterocycles. The SMILES string of the molecule is COc1cnn(C(C)C)c1C(C)(O)C1(C)CC1. The molecule has 0 amide bonds. The van der Waals surface area contributed by atoms with Gasteiger partial charge in [0.2, 0.25) is 0 Å². The third-order valence-corrected chi connectivity index (χ3v) is 4.11. The molecule has 0 radical (unpaired) electrons. The van der Waals surface area contributed by atoms with Crippen molar-refractivity contribution < 1.29 is 9.84 Å². The highest BCUT2D eigenvalue weighted by atomic mass is 16.5. The Labute approximate surface area is 103 Å². The van der Waals surface area contributed by atoms with Crippen LogP contribution in [0.25, 0.3) is 0 Å². The zero-order valence-corrected chi connectivity index (χ0v) is 11.3. The highest BCUT2D eigenvalue weighted by molar-refractivity contribution is 5.34. The van der Waals surface area contributed by atoms with E-state index in [4.69, 9.17) is 4.74 Å². The third-order valence-electron chi connectivity index (χ3n) is 4.11. The van der Waals surface area contributed by atoms with Crippen LogP contribution in [0.1, 0.15) is 52.3 Å². The van der Waals surface area contributed by atoms with E-state index in [-0.39, 0.29) is 11.5 Å². The van der Waals surface area contributed by atoms with E-state index in [0.29, 0.717) is 5.75 Å². The minimum absolute atomic E-state index is 0.0487. The van der Waals surface area contributed by atoms with Crippen molar-refractivity contribution in [2.75, 3.05) is 7.11 Å². The van der Waals surface area contributed by atoms with Crippen molar-refractivity contribution in [3.8, 4) is 5.75 Å². The Balaban J connectivity index is 2.52.